The van der Waals surface area contributed by atoms with Gasteiger partial charge in [-0.2, -0.15) is 0 Å². The van der Waals surface area contributed by atoms with Crippen molar-refractivity contribution < 1.29 is 23.9 Å². The topological polar surface area (TPSA) is 117 Å². The Bertz CT molecular complexity index is 2630. The number of benzene rings is 3. The van der Waals surface area contributed by atoms with Crippen LogP contribution < -0.4 is 9.47 Å². The third-order valence-electron chi connectivity index (χ3n) is 14.0. The average molecular weight is 1080 g/mol. The standard InChI is InChI=1S/2C25H37NO2.C21H29NO/c2*1-17(2)16-28-23-19(24(3,4)5)14-18(15-20(23)25(6,7)8)11-12-22(27)21-10-9-13-26-21;1-20(2,3)16-12-15(13-17(14-16)21(4,5)6)9-10-19(23)18-8-7-11-22-18/h2*9-10,13-15,17,26H,11-12,16H2,1-8H3;7-8,11-14,22H,9-10H2,1-6H3. The molecule has 6 rings (SSSR count). The van der Waals surface area contributed by atoms with Crippen molar-refractivity contribution in [1.29, 1.82) is 0 Å². The van der Waals surface area contributed by atoms with Crippen LogP contribution in [0.4, 0.5) is 0 Å². The van der Waals surface area contributed by atoms with Crippen LogP contribution in [0, 0.1) is 11.8 Å². The van der Waals surface area contributed by atoms with Crippen molar-refractivity contribution in [3.63, 3.8) is 0 Å². The number of H-pyrrole nitrogens is 3. The van der Waals surface area contributed by atoms with E-state index in [-0.39, 0.29) is 49.8 Å². The normalized spacial score (nSPS) is 12.5. The van der Waals surface area contributed by atoms with Gasteiger partial charge >= 0.3 is 0 Å². The van der Waals surface area contributed by atoms with E-state index in [9.17, 15) is 14.4 Å². The Hall–Kier alpha value is -5.89. The van der Waals surface area contributed by atoms with Crippen molar-refractivity contribution in [2.75, 3.05) is 13.2 Å². The molecule has 0 bridgehead atoms. The van der Waals surface area contributed by atoms with Crippen molar-refractivity contribution in [3.05, 3.63) is 165 Å². The van der Waals surface area contributed by atoms with E-state index in [0.29, 0.717) is 61.4 Å². The molecule has 432 valence electrons. The molecule has 6 aromatic rings. The third kappa shape index (κ3) is 20.3. The van der Waals surface area contributed by atoms with Gasteiger partial charge in [-0.25, -0.2) is 0 Å². The van der Waals surface area contributed by atoms with Gasteiger partial charge in [-0.15, -0.1) is 0 Å². The fraction of sp³-hybridized carbons (Fsp3) is 0.535. The highest BCUT2D eigenvalue weighted by Gasteiger charge is 2.30. The van der Waals surface area contributed by atoms with Crippen LogP contribution in [0.1, 0.15) is 253 Å². The Morgan fingerprint density at radius 2 is 0.633 bits per heavy atom. The lowest BCUT2D eigenvalue weighted by Gasteiger charge is -2.31. The SMILES string of the molecule is CC(C)(C)c1cc(CCC(=O)c2ccc[nH]2)cc(C(C)(C)C)c1.CC(C)COc1c(C(C)(C)C)cc(CCC(=O)c2ccc[nH]2)cc1C(C)(C)C.CC(C)COc1c(C(C)(C)C)cc(CCC(=O)c2ccc[nH]2)cc1C(C)(C)C. The van der Waals surface area contributed by atoms with Gasteiger partial charge in [-0.05, 0) is 128 Å². The van der Waals surface area contributed by atoms with E-state index in [1.165, 1.54) is 50.1 Å². The molecule has 0 atom stereocenters. The summed E-state index contributed by atoms with van der Waals surface area (Å²) in [5, 5.41) is 0. The summed E-state index contributed by atoms with van der Waals surface area (Å²) < 4.78 is 12.7. The van der Waals surface area contributed by atoms with Crippen molar-refractivity contribution in [3.8, 4) is 11.5 Å². The number of aromatic nitrogens is 3. The summed E-state index contributed by atoms with van der Waals surface area (Å²) in [5.74, 6) is 3.46. The Balaban J connectivity index is 0.000000257. The van der Waals surface area contributed by atoms with Gasteiger partial charge in [0.15, 0.2) is 17.3 Å². The molecular formula is C71H103N3O5. The molecule has 0 radical (unpaired) electrons. The number of Topliss-reactive ketones (excluding diaryl/α,β-unsaturated/α-hetero) is 3. The van der Waals surface area contributed by atoms with E-state index in [1.54, 1.807) is 18.6 Å². The van der Waals surface area contributed by atoms with Crippen LogP contribution in [-0.4, -0.2) is 45.5 Å². The molecular weight excluding hydrogens is 975 g/mol. The van der Waals surface area contributed by atoms with Crippen LogP contribution in [-0.2, 0) is 51.8 Å². The first-order valence-corrected chi connectivity index (χ1v) is 29.1. The quantitative estimate of drug-likeness (QED) is 0.0741. The van der Waals surface area contributed by atoms with Gasteiger partial charge in [0.05, 0.1) is 30.3 Å². The summed E-state index contributed by atoms with van der Waals surface area (Å²) in [6.45, 7) is 50.3. The van der Waals surface area contributed by atoms with E-state index < -0.39 is 0 Å². The molecule has 3 N–H and O–H groups in total. The summed E-state index contributed by atoms with van der Waals surface area (Å²) in [7, 11) is 0. The van der Waals surface area contributed by atoms with E-state index in [4.69, 9.17) is 9.47 Å². The number of carbonyl (C=O) groups is 3. The summed E-state index contributed by atoms with van der Waals surface area (Å²) in [6, 6.07) is 26.9. The Labute approximate surface area is 478 Å². The average Bonchev–Trinajstić information content (AvgIpc) is 4.17. The Kier molecular flexibility index (Phi) is 22.5. The van der Waals surface area contributed by atoms with Crippen molar-refractivity contribution in [1.82, 2.24) is 15.0 Å². The molecule has 0 amide bonds. The summed E-state index contributed by atoms with van der Waals surface area (Å²) in [5.41, 5.74) is 13.4. The predicted octanol–water partition coefficient (Wildman–Crippen LogP) is 18.3. The molecule has 0 aliphatic rings. The number of hydrogen-bond acceptors (Lipinski definition) is 5. The van der Waals surface area contributed by atoms with Gasteiger partial charge in [0.25, 0.3) is 0 Å². The number of nitrogens with one attached hydrogen (secondary N) is 3. The highest BCUT2D eigenvalue weighted by Crippen LogP contribution is 2.43. The number of ether oxygens (including phenoxy) is 2. The van der Waals surface area contributed by atoms with E-state index >= 15 is 0 Å². The van der Waals surface area contributed by atoms with Gasteiger partial charge < -0.3 is 24.4 Å². The maximum absolute atomic E-state index is 12.4. The van der Waals surface area contributed by atoms with Crippen molar-refractivity contribution >= 4 is 17.3 Å². The van der Waals surface area contributed by atoms with Crippen LogP contribution in [0.15, 0.2) is 97.5 Å². The zero-order chi connectivity index (χ0) is 59.5. The molecule has 8 nitrogen and oxygen atoms in total. The Morgan fingerprint density at radius 3 is 0.835 bits per heavy atom. The Morgan fingerprint density at radius 1 is 0.380 bits per heavy atom. The fourth-order valence-corrected chi connectivity index (χ4v) is 9.10. The van der Waals surface area contributed by atoms with Gasteiger partial charge in [-0.3, -0.25) is 14.4 Å². The lowest BCUT2D eigenvalue weighted by Crippen LogP contribution is -2.21. The maximum atomic E-state index is 12.4. The minimum Gasteiger partial charge on any atom is -0.493 e. The highest BCUT2D eigenvalue weighted by molar-refractivity contribution is 5.95. The van der Waals surface area contributed by atoms with E-state index in [0.717, 1.165) is 30.8 Å². The largest absolute Gasteiger partial charge is 0.493 e. The molecule has 3 aromatic carbocycles. The van der Waals surface area contributed by atoms with Crippen molar-refractivity contribution in [2.45, 2.75) is 223 Å². The van der Waals surface area contributed by atoms with Gasteiger partial charge in [-0.1, -0.05) is 195 Å². The first-order chi connectivity index (χ1) is 36.4. The van der Waals surface area contributed by atoms with E-state index in [1.807, 2.05) is 36.4 Å². The lowest BCUT2D eigenvalue weighted by molar-refractivity contribution is 0.0971. The molecule has 0 aliphatic heterocycles. The molecule has 0 unspecified atom stereocenters. The molecule has 0 aliphatic carbocycles. The second kappa shape index (κ2) is 27.0. The van der Waals surface area contributed by atoms with Gasteiger partial charge in [0, 0.05) is 60.1 Å². The molecule has 0 fully saturated rings. The molecule has 0 saturated carbocycles. The fourth-order valence-electron chi connectivity index (χ4n) is 9.10. The molecule has 8 heteroatoms. The summed E-state index contributed by atoms with van der Waals surface area (Å²) >= 11 is 0. The van der Waals surface area contributed by atoms with Crippen LogP contribution in [0.25, 0.3) is 0 Å². The molecule has 3 aromatic heterocycles. The third-order valence-corrected chi connectivity index (χ3v) is 14.0. The summed E-state index contributed by atoms with van der Waals surface area (Å²) in [4.78, 5) is 46.1. The number of hydrogen-bond donors (Lipinski definition) is 3. The first-order valence-electron chi connectivity index (χ1n) is 29.1. The molecule has 0 spiro atoms. The van der Waals surface area contributed by atoms with Crippen LogP contribution in [0.3, 0.4) is 0 Å². The zero-order valence-corrected chi connectivity index (χ0v) is 53.1. The van der Waals surface area contributed by atoms with Gasteiger partial charge in [0.2, 0.25) is 0 Å². The lowest BCUT2D eigenvalue weighted by atomic mass is 9.78. The number of rotatable bonds is 18. The van der Waals surface area contributed by atoms with Crippen LogP contribution >= 0.6 is 0 Å². The molecule has 3 heterocycles. The molecule has 79 heavy (non-hydrogen) atoms. The monoisotopic (exact) mass is 1080 g/mol. The smallest absolute Gasteiger partial charge is 0.179 e. The molecule has 0 saturated heterocycles. The number of carbonyl (C=O) groups excluding carboxylic acids is 3. The summed E-state index contributed by atoms with van der Waals surface area (Å²) in [6.07, 6.45) is 9.17. The minimum absolute atomic E-state index is 0.0359. The second-order valence-electron chi connectivity index (χ2n) is 28.9. The first kappa shape index (κ1) is 65.6. The predicted molar refractivity (Wildman–Crippen MR) is 333 cm³/mol. The van der Waals surface area contributed by atoms with Crippen LogP contribution in [0.5, 0.6) is 11.5 Å². The van der Waals surface area contributed by atoms with Crippen molar-refractivity contribution in [2.24, 2.45) is 11.8 Å². The van der Waals surface area contributed by atoms with Crippen LogP contribution in [0.2, 0.25) is 0 Å². The van der Waals surface area contributed by atoms with Gasteiger partial charge in [0.1, 0.15) is 11.5 Å². The number of aromatic amines is 3. The number of aryl methyl sites for hydroxylation is 3. The number of ketones is 3. The minimum atomic E-state index is -0.0359. The van der Waals surface area contributed by atoms with E-state index in [2.05, 4.69) is 210 Å². The highest BCUT2D eigenvalue weighted by atomic mass is 16.5. The maximum Gasteiger partial charge on any atom is 0.179 e. The second-order valence-corrected chi connectivity index (χ2v) is 28.9. The zero-order valence-electron chi connectivity index (χ0n) is 53.1.